The smallest absolute Gasteiger partial charge is 0.220 e. The fraction of sp³-hybridized carbons (Fsp3) is 0.654. The van der Waals surface area contributed by atoms with E-state index < -0.39 is 0 Å². The van der Waals surface area contributed by atoms with Gasteiger partial charge >= 0.3 is 0 Å². The molecule has 1 aromatic heterocycles. The van der Waals surface area contributed by atoms with Crippen molar-refractivity contribution in [3.63, 3.8) is 0 Å². The fourth-order valence-electron chi connectivity index (χ4n) is 3.86. The van der Waals surface area contributed by atoms with Crippen LogP contribution in [0.2, 0.25) is 0 Å². The molecule has 1 aliphatic rings. The monoisotopic (exact) mass is 476 g/mol. The number of carbonyl (C=O) groups is 2. The normalized spacial score (nSPS) is 14.5. The highest BCUT2D eigenvalue weighted by molar-refractivity contribution is 7.18. The Labute approximate surface area is 204 Å². The van der Waals surface area contributed by atoms with Crippen molar-refractivity contribution in [2.75, 3.05) is 13.6 Å². The van der Waals surface area contributed by atoms with E-state index in [2.05, 4.69) is 61.5 Å². The lowest BCUT2D eigenvalue weighted by atomic mass is 9.84. The van der Waals surface area contributed by atoms with Gasteiger partial charge in [-0.3, -0.25) is 9.59 Å². The van der Waals surface area contributed by atoms with E-state index >= 15 is 0 Å². The maximum Gasteiger partial charge on any atom is 0.220 e. The van der Waals surface area contributed by atoms with Gasteiger partial charge in [0.2, 0.25) is 12.3 Å². The van der Waals surface area contributed by atoms with Gasteiger partial charge in [0.15, 0.2) is 0 Å². The van der Waals surface area contributed by atoms with Crippen molar-refractivity contribution >= 4 is 33.9 Å². The topological polar surface area (TPSA) is 97.1 Å². The summed E-state index contributed by atoms with van der Waals surface area (Å²) in [6, 6.07) is 6.61. The lowest BCUT2D eigenvalue weighted by molar-refractivity contribution is -0.122. The minimum atomic E-state index is 0.105. The molecule has 186 valence electrons. The van der Waals surface area contributed by atoms with Crippen LogP contribution in [0.3, 0.4) is 0 Å². The number of carbonyl (C=O) groups excluding carboxylic acids is 2. The van der Waals surface area contributed by atoms with Crippen LogP contribution in [0.5, 0.6) is 0 Å². The number of nitrogens with two attached hydrogens (primary N) is 1. The average molecular weight is 477 g/mol. The molecule has 1 aromatic carbocycles. The van der Waals surface area contributed by atoms with Crippen molar-refractivity contribution < 1.29 is 9.59 Å². The summed E-state index contributed by atoms with van der Waals surface area (Å²) in [5.41, 5.74) is 8.30. The first kappa shape index (κ1) is 29.0. The van der Waals surface area contributed by atoms with Crippen molar-refractivity contribution in [2.45, 2.75) is 91.0 Å². The molecule has 0 spiro atoms. The molecule has 3 rings (SSSR count). The summed E-state index contributed by atoms with van der Waals surface area (Å²) in [5.74, 6) is 1.17. The van der Waals surface area contributed by atoms with E-state index in [-0.39, 0.29) is 11.9 Å². The maximum atomic E-state index is 12.4. The van der Waals surface area contributed by atoms with E-state index in [1.165, 1.54) is 48.8 Å². The Bertz CT molecular complexity index is 816. The number of fused-ring (bicyclic) bond motifs is 1. The van der Waals surface area contributed by atoms with E-state index in [0.29, 0.717) is 37.6 Å². The largest absolute Gasteiger partial charge is 0.362 e. The number of nitrogens with one attached hydrogen (secondary N) is 2. The van der Waals surface area contributed by atoms with Crippen molar-refractivity contribution in [3.8, 4) is 0 Å². The molecular formula is C26H44N4O2S. The molecule has 1 unspecified atom stereocenters. The highest BCUT2D eigenvalue weighted by Crippen LogP contribution is 2.28. The van der Waals surface area contributed by atoms with Crippen LogP contribution in [-0.2, 0) is 16.0 Å². The van der Waals surface area contributed by atoms with E-state index in [1.807, 2.05) is 0 Å². The molecule has 0 saturated heterocycles. The fourth-order valence-corrected chi connectivity index (χ4v) is 4.88. The SMILES string of the molecule is CC(C)c1ccc2nc(CCC(=O)NC(CN)C3CCCCC3)sc2c1.CCC.CNC=O. The summed E-state index contributed by atoms with van der Waals surface area (Å²) in [6.45, 7) is 9.19. The Morgan fingerprint density at radius 2 is 1.88 bits per heavy atom. The van der Waals surface area contributed by atoms with Crippen molar-refractivity contribution in [2.24, 2.45) is 11.7 Å². The molecule has 1 atom stereocenters. The third kappa shape index (κ3) is 10.7. The van der Waals surface area contributed by atoms with Gasteiger partial charge in [-0.25, -0.2) is 4.98 Å². The number of amides is 2. The molecule has 2 amide bonds. The number of rotatable bonds is 8. The van der Waals surface area contributed by atoms with Gasteiger partial charge in [0.25, 0.3) is 0 Å². The van der Waals surface area contributed by atoms with E-state index in [9.17, 15) is 4.79 Å². The molecular weight excluding hydrogens is 432 g/mol. The highest BCUT2D eigenvalue weighted by atomic mass is 32.1. The van der Waals surface area contributed by atoms with Crippen molar-refractivity contribution in [1.82, 2.24) is 15.6 Å². The van der Waals surface area contributed by atoms with E-state index in [0.717, 1.165) is 10.5 Å². The van der Waals surface area contributed by atoms with Crippen LogP contribution in [0.25, 0.3) is 10.2 Å². The summed E-state index contributed by atoms with van der Waals surface area (Å²) in [5, 5.41) is 6.47. The Balaban J connectivity index is 0.000000688. The van der Waals surface area contributed by atoms with Crippen molar-refractivity contribution in [3.05, 3.63) is 28.8 Å². The lowest BCUT2D eigenvalue weighted by Gasteiger charge is -2.30. The van der Waals surface area contributed by atoms with Gasteiger partial charge in [-0.05, 0) is 42.4 Å². The number of hydrogen-bond acceptors (Lipinski definition) is 5. The number of aromatic nitrogens is 1. The van der Waals surface area contributed by atoms with Crippen molar-refractivity contribution in [1.29, 1.82) is 0 Å². The molecule has 2 aromatic rings. The summed E-state index contributed by atoms with van der Waals surface area (Å²) in [6.07, 6.45) is 9.29. The minimum absolute atomic E-state index is 0.105. The number of nitrogens with zero attached hydrogens (tertiary/aromatic N) is 1. The first-order chi connectivity index (χ1) is 15.9. The van der Waals surface area contributed by atoms with E-state index in [4.69, 9.17) is 10.5 Å². The van der Waals surface area contributed by atoms with E-state index in [1.54, 1.807) is 18.4 Å². The minimum Gasteiger partial charge on any atom is -0.362 e. The molecule has 33 heavy (non-hydrogen) atoms. The van der Waals surface area contributed by atoms with Crippen LogP contribution >= 0.6 is 11.3 Å². The third-order valence-electron chi connectivity index (χ3n) is 5.63. The molecule has 0 bridgehead atoms. The second kappa shape index (κ2) is 16.6. The first-order valence-electron chi connectivity index (χ1n) is 12.4. The van der Waals surface area contributed by atoms with Gasteiger partial charge in [0, 0.05) is 32.5 Å². The van der Waals surface area contributed by atoms with Gasteiger partial charge in [0.1, 0.15) is 0 Å². The molecule has 1 aliphatic carbocycles. The zero-order valence-electron chi connectivity index (χ0n) is 21.2. The van der Waals surface area contributed by atoms with Gasteiger partial charge in [-0.2, -0.15) is 0 Å². The molecule has 1 fully saturated rings. The number of benzene rings is 1. The standard InChI is InChI=1S/C21H31N3OS.C3H8.C2H5NO/c1-14(2)16-8-9-17-19(12-16)26-21(24-17)11-10-20(25)23-18(13-22)15-6-4-3-5-7-15;1-3-2;1-3-2-4/h8-9,12,14-15,18H,3-7,10-11,13,22H2,1-2H3,(H,23,25);3H2,1-2H3;2H,1H3,(H,3,4). The molecule has 0 aliphatic heterocycles. The van der Waals surface area contributed by atoms with Crippen LogP contribution in [-0.4, -0.2) is 36.9 Å². The van der Waals surface area contributed by atoms with Crippen LogP contribution in [0, 0.1) is 5.92 Å². The predicted molar refractivity (Wildman–Crippen MR) is 141 cm³/mol. The molecule has 6 nitrogen and oxygen atoms in total. The Morgan fingerprint density at radius 1 is 1.24 bits per heavy atom. The molecule has 1 saturated carbocycles. The maximum absolute atomic E-state index is 12.4. The average Bonchev–Trinajstić information content (AvgIpc) is 3.24. The summed E-state index contributed by atoms with van der Waals surface area (Å²) >= 11 is 1.71. The van der Waals surface area contributed by atoms with Crippen LogP contribution < -0.4 is 16.4 Å². The highest BCUT2D eigenvalue weighted by Gasteiger charge is 2.23. The molecule has 4 N–H and O–H groups in total. The second-order valence-corrected chi connectivity index (χ2v) is 10.0. The predicted octanol–water partition coefficient (Wildman–Crippen LogP) is 5.15. The van der Waals surface area contributed by atoms with Crippen LogP contribution in [0.1, 0.15) is 89.1 Å². The van der Waals surface area contributed by atoms with Gasteiger partial charge in [-0.1, -0.05) is 59.4 Å². The van der Waals surface area contributed by atoms with Gasteiger partial charge < -0.3 is 16.4 Å². The summed E-state index contributed by atoms with van der Waals surface area (Å²) in [7, 11) is 1.56. The second-order valence-electron chi connectivity index (χ2n) is 8.91. The summed E-state index contributed by atoms with van der Waals surface area (Å²) in [4.78, 5) is 26.1. The summed E-state index contributed by atoms with van der Waals surface area (Å²) < 4.78 is 1.22. The Hall–Kier alpha value is -1.99. The van der Waals surface area contributed by atoms with Gasteiger partial charge in [-0.15, -0.1) is 11.3 Å². The Morgan fingerprint density at radius 3 is 2.42 bits per heavy atom. The van der Waals surface area contributed by atoms with Crippen LogP contribution in [0.4, 0.5) is 0 Å². The zero-order chi connectivity index (χ0) is 24.6. The number of hydrogen-bond donors (Lipinski definition) is 3. The molecule has 0 radical (unpaired) electrons. The number of thiazole rings is 1. The quantitative estimate of drug-likeness (QED) is 0.459. The third-order valence-corrected chi connectivity index (χ3v) is 6.70. The van der Waals surface area contributed by atoms with Crippen LogP contribution in [0.15, 0.2) is 18.2 Å². The molecule has 7 heteroatoms. The molecule has 1 heterocycles. The number of aryl methyl sites for hydroxylation is 1. The lowest BCUT2D eigenvalue weighted by Crippen LogP contribution is -2.45. The zero-order valence-corrected chi connectivity index (χ0v) is 22.0. The Kier molecular flexibility index (Phi) is 14.6. The first-order valence-corrected chi connectivity index (χ1v) is 13.2. The van der Waals surface area contributed by atoms with Gasteiger partial charge in [0.05, 0.1) is 15.2 Å².